The third-order valence-electron chi connectivity index (χ3n) is 12.1. The number of aliphatic hydroxyl groups excluding tert-OH is 1. The summed E-state index contributed by atoms with van der Waals surface area (Å²) in [4.78, 5) is 14.4. The molecule has 38 heavy (non-hydrogen) atoms. The van der Waals surface area contributed by atoms with E-state index in [1.807, 2.05) is 19.2 Å². The van der Waals surface area contributed by atoms with E-state index in [2.05, 4.69) is 39.9 Å². The maximum atomic E-state index is 13.3. The smallest absolute Gasteiger partial charge is 0.220 e. The first-order valence-electron chi connectivity index (χ1n) is 15.2. The Bertz CT molecular complexity index is 997. The van der Waals surface area contributed by atoms with Crippen LogP contribution in [0.5, 0.6) is 0 Å². The molecular formula is C32H50ClNO3S. The van der Waals surface area contributed by atoms with Crippen LogP contribution >= 0.6 is 22.9 Å². The van der Waals surface area contributed by atoms with Crippen molar-refractivity contribution in [2.75, 3.05) is 7.11 Å². The second kappa shape index (κ2) is 11.0. The van der Waals surface area contributed by atoms with Gasteiger partial charge in [-0.15, -0.1) is 11.3 Å². The Labute approximate surface area is 239 Å². The fourth-order valence-corrected chi connectivity index (χ4v) is 11.4. The lowest BCUT2D eigenvalue weighted by Crippen LogP contribution is -2.58. The molecule has 1 amide bonds. The number of carbonyl (C=O) groups is 1. The molecule has 0 aliphatic heterocycles. The predicted octanol–water partition coefficient (Wildman–Crippen LogP) is 7.89. The van der Waals surface area contributed by atoms with Crippen LogP contribution in [0.25, 0.3) is 0 Å². The second-order valence-corrected chi connectivity index (χ2v) is 16.0. The van der Waals surface area contributed by atoms with E-state index in [9.17, 15) is 9.90 Å². The van der Waals surface area contributed by atoms with Crippen molar-refractivity contribution < 1.29 is 14.6 Å². The molecule has 0 spiro atoms. The first-order valence-corrected chi connectivity index (χ1v) is 16.4. The summed E-state index contributed by atoms with van der Waals surface area (Å²) in [6, 6.07) is 3.98. The molecule has 1 aromatic heterocycles. The molecule has 4 fully saturated rings. The summed E-state index contributed by atoms with van der Waals surface area (Å²) >= 11 is 7.76. The third-order valence-corrected chi connectivity index (χ3v) is 13.4. The fourth-order valence-electron chi connectivity index (χ4n) is 10.1. The number of rotatable bonds is 7. The van der Waals surface area contributed by atoms with Gasteiger partial charge in [0, 0.05) is 18.4 Å². The zero-order valence-electron chi connectivity index (χ0n) is 24.3. The minimum atomic E-state index is -0.194. The number of hydrogen-bond donors (Lipinski definition) is 2. The molecule has 4 aliphatic rings. The molecule has 1 heterocycles. The molecule has 4 saturated carbocycles. The lowest BCUT2D eigenvalue weighted by Gasteiger charge is -2.62. The largest absolute Gasteiger partial charge is 0.393 e. The summed E-state index contributed by atoms with van der Waals surface area (Å²) < 4.78 is 6.53. The van der Waals surface area contributed by atoms with E-state index in [-0.39, 0.29) is 23.5 Å². The molecular weight excluding hydrogens is 514 g/mol. The molecule has 2 N–H and O–H groups in total. The molecule has 214 valence electrons. The normalized spacial score (nSPS) is 42.2. The van der Waals surface area contributed by atoms with Crippen LogP contribution in [0.3, 0.4) is 0 Å². The summed E-state index contributed by atoms with van der Waals surface area (Å²) in [5.74, 6) is 3.52. The highest BCUT2D eigenvalue weighted by Gasteiger charge is 2.63. The molecule has 6 heteroatoms. The number of methoxy groups -OCH3 is 1. The molecule has 5 rings (SSSR count). The SMILES string of the molecule is CO[C@@H]1CC[C@@]2(C)[C@@H](C1)C[C@@H](O)[C@@H]1[C@@H]2CC[C@]2(C)C([C@H](C)CC(=O)NC(c3ccc(Cl)s3)C(C)C)CC[C@@H]12. The van der Waals surface area contributed by atoms with Gasteiger partial charge in [0.2, 0.25) is 5.91 Å². The van der Waals surface area contributed by atoms with Crippen molar-refractivity contribution in [1.82, 2.24) is 5.32 Å². The van der Waals surface area contributed by atoms with Crippen molar-refractivity contribution in [2.45, 2.75) is 111 Å². The Kier molecular flexibility index (Phi) is 8.35. The zero-order valence-corrected chi connectivity index (χ0v) is 25.9. The first kappa shape index (κ1) is 28.9. The summed E-state index contributed by atoms with van der Waals surface area (Å²) in [5, 5.41) is 14.9. The van der Waals surface area contributed by atoms with Crippen molar-refractivity contribution >= 4 is 28.8 Å². The first-order chi connectivity index (χ1) is 18.0. The average Bonchev–Trinajstić information content (AvgIpc) is 3.45. The highest BCUT2D eigenvalue weighted by atomic mass is 35.5. The zero-order chi connectivity index (χ0) is 27.4. The Hall–Kier alpha value is -0.620. The number of aliphatic hydroxyl groups is 1. The van der Waals surface area contributed by atoms with E-state index in [0.29, 0.717) is 59.4 Å². The fraction of sp³-hybridized carbons (Fsp3) is 0.844. The highest BCUT2D eigenvalue weighted by Crippen LogP contribution is 2.68. The van der Waals surface area contributed by atoms with Gasteiger partial charge in [-0.1, -0.05) is 46.2 Å². The number of thiophene rings is 1. The monoisotopic (exact) mass is 563 g/mol. The number of fused-ring (bicyclic) bond motifs is 5. The maximum Gasteiger partial charge on any atom is 0.220 e. The minimum Gasteiger partial charge on any atom is -0.393 e. The van der Waals surface area contributed by atoms with Crippen LogP contribution < -0.4 is 5.32 Å². The van der Waals surface area contributed by atoms with Gasteiger partial charge in [0.05, 0.1) is 22.6 Å². The Balaban J connectivity index is 1.27. The second-order valence-electron chi connectivity index (χ2n) is 14.3. The van der Waals surface area contributed by atoms with E-state index in [0.717, 1.165) is 28.5 Å². The van der Waals surface area contributed by atoms with Gasteiger partial charge in [0.15, 0.2) is 0 Å². The van der Waals surface area contributed by atoms with Gasteiger partial charge in [-0.25, -0.2) is 0 Å². The van der Waals surface area contributed by atoms with Crippen LogP contribution in [-0.4, -0.2) is 30.3 Å². The van der Waals surface area contributed by atoms with Crippen LogP contribution in [0.15, 0.2) is 12.1 Å². The summed E-state index contributed by atoms with van der Waals surface area (Å²) in [6.45, 7) is 11.7. The molecule has 0 radical (unpaired) electrons. The topological polar surface area (TPSA) is 58.6 Å². The third kappa shape index (κ3) is 5.01. The summed E-state index contributed by atoms with van der Waals surface area (Å²) in [6.07, 6.45) is 10.0. The van der Waals surface area contributed by atoms with Gasteiger partial charge in [0.25, 0.3) is 0 Å². The van der Waals surface area contributed by atoms with Crippen LogP contribution in [-0.2, 0) is 9.53 Å². The number of ether oxygens (including phenoxy) is 1. The Morgan fingerprint density at radius 2 is 1.82 bits per heavy atom. The van der Waals surface area contributed by atoms with Gasteiger partial charge < -0.3 is 15.2 Å². The van der Waals surface area contributed by atoms with E-state index in [4.69, 9.17) is 16.3 Å². The van der Waals surface area contributed by atoms with Crippen molar-refractivity contribution in [2.24, 2.45) is 52.3 Å². The summed E-state index contributed by atoms with van der Waals surface area (Å²) in [7, 11) is 1.85. The lowest BCUT2D eigenvalue weighted by atomic mass is 9.43. The summed E-state index contributed by atoms with van der Waals surface area (Å²) in [5.41, 5.74) is 0.549. The molecule has 4 nitrogen and oxygen atoms in total. The van der Waals surface area contributed by atoms with Gasteiger partial charge in [-0.05, 0) is 116 Å². The molecule has 0 aromatic carbocycles. The van der Waals surface area contributed by atoms with Crippen LogP contribution in [0.1, 0.15) is 103 Å². The minimum absolute atomic E-state index is 0.00817. The van der Waals surface area contributed by atoms with E-state index < -0.39 is 0 Å². The van der Waals surface area contributed by atoms with Gasteiger partial charge in [-0.2, -0.15) is 0 Å². The van der Waals surface area contributed by atoms with E-state index in [1.165, 1.54) is 32.1 Å². The molecule has 4 aliphatic carbocycles. The van der Waals surface area contributed by atoms with E-state index >= 15 is 0 Å². The van der Waals surface area contributed by atoms with Gasteiger partial charge in [0.1, 0.15) is 0 Å². The number of amides is 1. The van der Waals surface area contributed by atoms with Gasteiger partial charge >= 0.3 is 0 Å². The molecule has 0 bridgehead atoms. The standard InChI is InChI=1S/C32H50ClNO3S/c1-18(2)30(26-9-10-27(33)38-26)34-28(36)15-19(3)22-7-8-23-29-24(12-14-32(22,23)5)31(4)13-11-21(37-6)16-20(31)17-25(29)35/h9-10,18-25,29-30,35H,7-8,11-17H2,1-6H3,(H,34,36)/t19-,20+,21-,22?,23+,24+,25-,29+,30?,31+,32-/m1/s1. The van der Waals surface area contributed by atoms with Crippen LogP contribution in [0.4, 0.5) is 0 Å². The van der Waals surface area contributed by atoms with Crippen molar-refractivity contribution in [3.05, 3.63) is 21.3 Å². The quantitative estimate of drug-likeness (QED) is 0.354. The van der Waals surface area contributed by atoms with Crippen LogP contribution in [0.2, 0.25) is 4.34 Å². The van der Waals surface area contributed by atoms with Crippen LogP contribution in [0, 0.1) is 52.3 Å². The number of carbonyl (C=O) groups excluding carboxylic acids is 1. The highest BCUT2D eigenvalue weighted by molar-refractivity contribution is 7.16. The molecule has 2 unspecified atom stereocenters. The van der Waals surface area contributed by atoms with Crippen molar-refractivity contribution in [1.29, 1.82) is 0 Å². The number of hydrogen-bond acceptors (Lipinski definition) is 4. The Morgan fingerprint density at radius 3 is 2.47 bits per heavy atom. The van der Waals surface area contributed by atoms with Crippen molar-refractivity contribution in [3.63, 3.8) is 0 Å². The maximum absolute atomic E-state index is 13.3. The van der Waals surface area contributed by atoms with Gasteiger partial charge in [-0.3, -0.25) is 4.79 Å². The molecule has 1 aromatic rings. The molecule has 0 saturated heterocycles. The number of nitrogens with one attached hydrogen (secondary N) is 1. The predicted molar refractivity (Wildman–Crippen MR) is 156 cm³/mol. The lowest BCUT2D eigenvalue weighted by molar-refractivity contribution is -0.176. The molecule has 11 atom stereocenters. The number of halogens is 1. The van der Waals surface area contributed by atoms with Crippen molar-refractivity contribution in [3.8, 4) is 0 Å². The average molecular weight is 564 g/mol. The van der Waals surface area contributed by atoms with E-state index in [1.54, 1.807) is 11.3 Å². The Morgan fingerprint density at radius 1 is 1.11 bits per heavy atom.